The van der Waals surface area contributed by atoms with Crippen molar-refractivity contribution < 1.29 is 8.42 Å². The van der Waals surface area contributed by atoms with E-state index in [0.29, 0.717) is 23.0 Å². The highest BCUT2D eigenvalue weighted by molar-refractivity contribution is 14.0. The van der Waals surface area contributed by atoms with E-state index in [9.17, 15) is 8.42 Å². The third kappa shape index (κ3) is 6.59. The fourth-order valence-electron chi connectivity index (χ4n) is 2.88. The van der Waals surface area contributed by atoms with Crippen LogP contribution in [0.1, 0.15) is 24.1 Å². The number of rotatable bonds is 7. The number of guanidine groups is 1. The molecule has 29 heavy (non-hydrogen) atoms. The average molecular weight is 552 g/mol. The molecule has 0 aliphatic heterocycles. The summed E-state index contributed by atoms with van der Waals surface area (Å²) in [4.78, 5) is 6.62. The Morgan fingerprint density at radius 2 is 1.97 bits per heavy atom. The molecule has 10 heteroatoms. The van der Waals surface area contributed by atoms with Crippen molar-refractivity contribution in [3.63, 3.8) is 0 Å². The predicted octanol–water partition coefficient (Wildman–Crippen LogP) is 2.94. The Morgan fingerprint density at radius 1 is 1.31 bits per heavy atom. The number of nitrogens with one attached hydrogen (secondary N) is 2. The molecule has 160 valence electrons. The second-order valence-corrected chi connectivity index (χ2v) is 9.21. The van der Waals surface area contributed by atoms with Crippen molar-refractivity contribution in [2.24, 2.45) is 12.0 Å². The third-order valence-corrected chi connectivity index (χ3v) is 6.37. The van der Waals surface area contributed by atoms with Gasteiger partial charge in [-0.2, -0.15) is 0 Å². The molecule has 1 aliphatic carbocycles. The maximum Gasteiger partial charge on any atom is 0.240 e. The lowest BCUT2D eigenvalue weighted by molar-refractivity contribution is 0.461. The van der Waals surface area contributed by atoms with Gasteiger partial charge in [0.2, 0.25) is 10.0 Å². The molecule has 0 bridgehead atoms. The largest absolute Gasteiger partial charge is 0.352 e. The smallest absolute Gasteiger partial charge is 0.240 e. The van der Waals surface area contributed by atoms with E-state index in [0.717, 1.165) is 30.1 Å². The van der Waals surface area contributed by atoms with Crippen molar-refractivity contribution in [2.75, 3.05) is 14.1 Å². The second kappa shape index (κ2) is 10.1. The standard InChI is InChI=1S/C19H26ClN5O2S.HI/c1-21-19(25(3)13-17-10-15(20)12-24(17)2)22-11-14-4-8-18(9-5-14)28(26,27)23-16-6-7-16;/h4-5,8-10,12,16,23H,6-7,11,13H2,1-3H3,(H,21,22);1H. The van der Waals surface area contributed by atoms with Crippen LogP contribution in [-0.4, -0.2) is 44.0 Å². The Labute approximate surface area is 194 Å². The van der Waals surface area contributed by atoms with Crippen molar-refractivity contribution in [1.29, 1.82) is 0 Å². The summed E-state index contributed by atoms with van der Waals surface area (Å²) in [7, 11) is 2.23. The van der Waals surface area contributed by atoms with Crippen molar-refractivity contribution in [3.05, 3.63) is 52.8 Å². The van der Waals surface area contributed by atoms with E-state index in [-0.39, 0.29) is 30.0 Å². The Kier molecular flexibility index (Phi) is 8.38. The van der Waals surface area contributed by atoms with E-state index in [1.54, 1.807) is 19.2 Å². The van der Waals surface area contributed by atoms with Gasteiger partial charge in [-0.05, 0) is 36.6 Å². The quantitative estimate of drug-likeness (QED) is 0.315. The Balaban J connectivity index is 0.00000300. The van der Waals surface area contributed by atoms with Gasteiger partial charge < -0.3 is 14.8 Å². The molecule has 2 aromatic rings. The van der Waals surface area contributed by atoms with Crippen molar-refractivity contribution in [1.82, 2.24) is 19.5 Å². The Hall–Kier alpha value is -1.30. The number of aliphatic imine (C=N–C) groups is 1. The van der Waals surface area contributed by atoms with Gasteiger partial charge in [0.15, 0.2) is 5.96 Å². The van der Waals surface area contributed by atoms with Crippen LogP contribution in [0.4, 0.5) is 0 Å². The minimum atomic E-state index is -3.42. The van der Waals surface area contributed by atoms with Gasteiger partial charge in [0, 0.05) is 45.6 Å². The van der Waals surface area contributed by atoms with E-state index >= 15 is 0 Å². The highest BCUT2D eigenvalue weighted by Gasteiger charge is 2.27. The van der Waals surface area contributed by atoms with E-state index in [4.69, 9.17) is 11.6 Å². The van der Waals surface area contributed by atoms with Crippen LogP contribution < -0.4 is 10.0 Å². The zero-order valence-corrected chi connectivity index (χ0v) is 20.6. The summed E-state index contributed by atoms with van der Waals surface area (Å²) in [5.41, 5.74) is 2.05. The lowest BCUT2D eigenvalue weighted by Crippen LogP contribution is -2.38. The summed E-state index contributed by atoms with van der Waals surface area (Å²) < 4.78 is 29.1. The fraction of sp³-hybridized carbons (Fsp3) is 0.421. The molecule has 0 amide bonds. The second-order valence-electron chi connectivity index (χ2n) is 7.06. The number of benzene rings is 1. The molecule has 0 radical (unpaired) electrons. The lowest BCUT2D eigenvalue weighted by Gasteiger charge is -2.22. The zero-order valence-electron chi connectivity index (χ0n) is 16.7. The van der Waals surface area contributed by atoms with Gasteiger partial charge in [0.1, 0.15) is 0 Å². The number of aromatic nitrogens is 1. The SMILES string of the molecule is CN=C(NCc1ccc(S(=O)(=O)NC2CC2)cc1)N(C)Cc1cc(Cl)cn1C.I. The third-order valence-electron chi connectivity index (χ3n) is 4.63. The van der Waals surface area contributed by atoms with Gasteiger partial charge in [0.05, 0.1) is 16.5 Å². The number of nitrogens with zero attached hydrogens (tertiary/aromatic N) is 3. The normalized spacial score (nSPS) is 14.4. The number of hydrogen-bond donors (Lipinski definition) is 2. The monoisotopic (exact) mass is 551 g/mol. The summed E-state index contributed by atoms with van der Waals surface area (Å²) >= 11 is 6.05. The van der Waals surface area contributed by atoms with Gasteiger partial charge in [-0.3, -0.25) is 4.99 Å². The molecular formula is C19H27ClIN5O2S. The van der Waals surface area contributed by atoms with Crippen LogP contribution in [0.3, 0.4) is 0 Å². The maximum absolute atomic E-state index is 12.2. The van der Waals surface area contributed by atoms with Gasteiger partial charge in [0.25, 0.3) is 0 Å². The summed E-state index contributed by atoms with van der Waals surface area (Å²) in [5, 5.41) is 4.01. The number of hydrogen-bond acceptors (Lipinski definition) is 3. The summed E-state index contributed by atoms with van der Waals surface area (Å²) in [5.74, 6) is 0.740. The molecule has 3 rings (SSSR count). The van der Waals surface area contributed by atoms with Crippen molar-refractivity contribution in [3.8, 4) is 0 Å². The van der Waals surface area contributed by atoms with E-state index in [1.165, 1.54) is 0 Å². The first-order chi connectivity index (χ1) is 13.3. The molecule has 1 heterocycles. The van der Waals surface area contributed by atoms with Crippen LogP contribution in [0.5, 0.6) is 0 Å². The van der Waals surface area contributed by atoms with E-state index < -0.39 is 10.0 Å². The minimum Gasteiger partial charge on any atom is -0.352 e. The molecule has 1 aromatic carbocycles. The molecular weight excluding hydrogens is 525 g/mol. The highest BCUT2D eigenvalue weighted by Crippen LogP contribution is 2.22. The first-order valence-corrected chi connectivity index (χ1v) is 11.0. The van der Waals surface area contributed by atoms with Crippen LogP contribution in [0.25, 0.3) is 0 Å². The topological polar surface area (TPSA) is 78.7 Å². The average Bonchev–Trinajstić information content (AvgIpc) is 3.39. The molecule has 7 nitrogen and oxygen atoms in total. The molecule has 0 unspecified atom stereocenters. The molecule has 0 spiro atoms. The summed E-state index contributed by atoms with van der Waals surface area (Å²) in [6.07, 6.45) is 3.71. The lowest BCUT2D eigenvalue weighted by atomic mass is 10.2. The fourth-order valence-corrected chi connectivity index (χ4v) is 4.46. The Morgan fingerprint density at radius 3 is 2.48 bits per heavy atom. The molecule has 2 N–H and O–H groups in total. The van der Waals surface area contributed by atoms with Crippen molar-refractivity contribution in [2.45, 2.75) is 36.9 Å². The molecule has 0 saturated heterocycles. The van der Waals surface area contributed by atoms with Gasteiger partial charge in [-0.1, -0.05) is 23.7 Å². The number of aryl methyl sites for hydroxylation is 1. The van der Waals surface area contributed by atoms with Crippen LogP contribution in [0.15, 0.2) is 46.4 Å². The van der Waals surface area contributed by atoms with Crippen LogP contribution in [0, 0.1) is 0 Å². The Bertz CT molecular complexity index is 955. The summed E-state index contributed by atoms with van der Waals surface area (Å²) in [6.45, 7) is 1.20. The van der Waals surface area contributed by atoms with Gasteiger partial charge >= 0.3 is 0 Å². The van der Waals surface area contributed by atoms with E-state index in [2.05, 4.69) is 15.0 Å². The molecule has 0 atom stereocenters. The number of halogens is 2. The van der Waals surface area contributed by atoms with Gasteiger partial charge in [-0.15, -0.1) is 24.0 Å². The molecule has 1 aromatic heterocycles. The predicted molar refractivity (Wildman–Crippen MR) is 127 cm³/mol. The molecule has 1 aliphatic rings. The molecule has 1 saturated carbocycles. The van der Waals surface area contributed by atoms with Crippen LogP contribution in [0.2, 0.25) is 5.02 Å². The first-order valence-electron chi connectivity index (χ1n) is 9.12. The molecule has 1 fully saturated rings. The summed E-state index contributed by atoms with van der Waals surface area (Å²) in [6, 6.07) is 8.95. The maximum atomic E-state index is 12.2. The van der Waals surface area contributed by atoms with Gasteiger partial charge in [-0.25, -0.2) is 13.1 Å². The first kappa shape index (κ1) is 24.0. The van der Waals surface area contributed by atoms with Crippen molar-refractivity contribution >= 4 is 51.6 Å². The van der Waals surface area contributed by atoms with Crippen LogP contribution in [-0.2, 0) is 30.2 Å². The van der Waals surface area contributed by atoms with Crippen LogP contribution >= 0.6 is 35.6 Å². The highest BCUT2D eigenvalue weighted by atomic mass is 127. The number of sulfonamides is 1. The zero-order chi connectivity index (χ0) is 20.3. The van der Waals surface area contributed by atoms with E-state index in [1.807, 2.05) is 48.0 Å². The minimum absolute atomic E-state index is 0.